The monoisotopic (exact) mass is 249 g/mol. The molecule has 1 N–H and O–H groups in total. The summed E-state index contributed by atoms with van der Waals surface area (Å²) in [6.45, 7) is 6.56. The fraction of sp³-hybridized carbons (Fsp3) is 1.00. The lowest BCUT2D eigenvalue weighted by Gasteiger charge is -2.44. The number of likely N-dealkylation sites (tertiary alicyclic amines) is 1. The lowest BCUT2D eigenvalue weighted by molar-refractivity contribution is 0.0952. The quantitative estimate of drug-likeness (QED) is 0.799. The molecule has 3 heteroatoms. The highest BCUT2D eigenvalue weighted by Gasteiger charge is 2.42. The summed E-state index contributed by atoms with van der Waals surface area (Å²) in [5.74, 6) is 0. The number of nitrogens with one attached hydrogen (secondary N) is 1. The molecular weight excluding hydrogens is 222 g/mol. The van der Waals surface area contributed by atoms with Gasteiger partial charge in [-0.05, 0) is 32.1 Å². The van der Waals surface area contributed by atoms with Crippen LogP contribution in [0.2, 0.25) is 0 Å². The van der Waals surface area contributed by atoms with Crippen LogP contribution in [-0.4, -0.2) is 60.1 Å². The van der Waals surface area contributed by atoms with E-state index in [4.69, 9.17) is 0 Å². The van der Waals surface area contributed by atoms with Crippen LogP contribution in [0.25, 0.3) is 0 Å². The van der Waals surface area contributed by atoms with Gasteiger partial charge in [0.25, 0.3) is 0 Å². The third-order valence-corrected chi connectivity index (χ3v) is 5.74. The molecule has 2 aliphatic heterocycles. The van der Waals surface area contributed by atoms with Gasteiger partial charge in [-0.1, -0.05) is 12.8 Å². The first-order chi connectivity index (χ1) is 8.85. The van der Waals surface area contributed by atoms with E-state index in [-0.39, 0.29) is 0 Å². The van der Waals surface area contributed by atoms with Crippen LogP contribution in [-0.2, 0) is 0 Å². The van der Waals surface area contributed by atoms with Gasteiger partial charge in [0, 0.05) is 50.3 Å². The van der Waals surface area contributed by atoms with E-state index in [0.717, 1.165) is 12.1 Å². The van der Waals surface area contributed by atoms with Crippen LogP contribution >= 0.6 is 0 Å². The summed E-state index contributed by atoms with van der Waals surface area (Å²) in [6, 6.07) is 1.84. The molecule has 4 rings (SSSR count). The van der Waals surface area contributed by atoms with Crippen LogP contribution in [0.15, 0.2) is 0 Å². The summed E-state index contributed by atoms with van der Waals surface area (Å²) in [5.41, 5.74) is 0.505. The first-order valence-corrected chi connectivity index (χ1v) is 8.08. The molecule has 0 radical (unpaired) electrons. The predicted octanol–water partition coefficient (Wildman–Crippen LogP) is 1.44. The van der Waals surface area contributed by atoms with E-state index in [2.05, 4.69) is 15.1 Å². The van der Waals surface area contributed by atoms with E-state index in [1.165, 1.54) is 77.7 Å². The molecule has 0 aromatic heterocycles. The van der Waals surface area contributed by atoms with Crippen molar-refractivity contribution in [1.29, 1.82) is 0 Å². The minimum absolute atomic E-state index is 0.505. The molecule has 2 heterocycles. The maximum Gasteiger partial charge on any atom is 0.0309 e. The molecule has 0 bridgehead atoms. The Hall–Kier alpha value is -0.120. The molecule has 1 spiro atoms. The topological polar surface area (TPSA) is 18.5 Å². The zero-order valence-corrected chi connectivity index (χ0v) is 11.5. The van der Waals surface area contributed by atoms with Crippen LogP contribution < -0.4 is 5.32 Å². The van der Waals surface area contributed by atoms with E-state index >= 15 is 0 Å². The van der Waals surface area contributed by atoms with Crippen molar-refractivity contribution in [3.05, 3.63) is 0 Å². The molecule has 0 aromatic rings. The van der Waals surface area contributed by atoms with Crippen LogP contribution in [0.1, 0.15) is 44.9 Å². The van der Waals surface area contributed by atoms with Gasteiger partial charge in [0.05, 0.1) is 0 Å². The van der Waals surface area contributed by atoms with Crippen molar-refractivity contribution < 1.29 is 0 Å². The van der Waals surface area contributed by atoms with Crippen molar-refractivity contribution in [2.24, 2.45) is 0 Å². The summed E-state index contributed by atoms with van der Waals surface area (Å²) in [7, 11) is 0. The highest BCUT2D eigenvalue weighted by molar-refractivity contribution is 5.01. The van der Waals surface area contributed by atoms with Gasteiger partial charge in [0.15, 0.2) is 0 Å². The minimum Gasteiger partial charge on any atom is -0.309 e. The van der Waals surface area contributed by atoms with Crippen molar-refractivity contribution in [2.45, 2.75) is 62.6 Å². The van der Waals surface area contributed by atoms with Crippen molar-refractivity contribution in [1.82, 2.24) is 15.1 Å². The van der Waals surface area contributed by atoms with Gasteiger partial charge in [0.2, 0.25) is 0 Å². The Morgan fingerprint density at radius 2 is 1.72 bits per heavy atom. The minimum atomic E-state index is 0.505. The molecule has 2 aliphatic carbocycles. The second-order valence-corrected chi connectivity index (χ2v) is 7.05. The van der Waals surface area contributed by atoms with E-state index < -0.39 is 0 Å². The third-order valence-electron chi connectivity index (χ3n) is 5.74. The molecule has 2 saturated heterocycles. The van der Waals surface area contributed by atoms with Crippen LogP contribution in [0.3, 0.4) is 0 Å². The molecule has 4 fully saturated rings. The predicted molar refractivity (Wildman–Crippen MR) is 73.8 cm³/mol. The number of hydrogen-bond acceptors (Lipinski definition) is 3. The second-order valence-electron chi connectivity index (χ2n) is 7.05. The van der Waals surface area contributed by atoms with Gasteiger partial charge < -0.3 is 5.32 Å². The van der Waals surface area contributed by atoms with E-state index in [1.807, 2.05) is 0 Å². The second kappa shape index (κ2) is 4.46. The smallest absolute Gasteiger partial charge is 0.0309 e. The van der Waals surface area contributed by atoms with Crippen LogP contribution in [0.5, 0.6) is 0 Å². The Balaban J connectivity index is 1.39. The molecule has 1 atom stereocenters. The fourth-order valence-electron chi connectivity index (χ4n) is 4.52. The lowest BCUT2D eigenvalue weighted by Crippen LogP contribution is -2.61. The van der Waals surface area contributed by atoms with Gasteiger partial charge in [-0.2, -0.15) is 0 Å². The Kier molecular flexibility index (Phi) is 2.90. The highest BCUT2D eigenvalue weighted by atomic mass is 15.3. The summed E-state index contributed by atoms with van der Waals surface area (Å²) >= 11 is 0. The molecule has 4 aliphatic rings. The molecule has 3 nitrogen and oxygen atoms in total. The molecule has 0 aromatic carbocycles. The van der Waals surface area contributed by atoms with Crippen molar-refractivity contribution in [3.8, 4) is 0 Å². The summed E-state index contributed by atoms with van der Waals surface area (Å²) < 4.78 is 0. The van der Waals surface area contributed by atoms with Gasteiger partial charge in [-0.15, -0.1) is 0 Å². The summed E-state index contributed by atoms with van der Waals surface area (Å²) in [4.78, 5) is 5.58. The lowest BCUT2D eigenvalue weighted by atomic mass is 9.93. The van der Waals surface area contributed by atoms with Crippen molar-refractivity contribution in [2.75, 3.05) is 32.7 Å². The summed E-state index contributed by atoms with van der Waals surface area (Å²) in [6.07, 6.45) is 10.1. The maximum atomic E-state index is 3.84. The van der Waals surface area contributed by atoms with Crippen molar-refractivity contribution >= 4 is 0 Å². The van der Waals surface area contributed by atoms with Gasteiger partial charge in [-0.25, -0.2) is 0 Å². The number of rotatable bonds is 2. The Morgan fingerprint density at radius 1 is 0.889 bits per heavy atom. The van der Waals surface area contributed by atoms with Crippen LogP contribution in [0.4, 0.5) is 0 Å². The summed E-state index contributed by atoms with van der Waals surface area (Å²) in [5, 5.41) is 3.84. The van der Waals surface area contributed by atoms with E-state index in [9.17, 15) is 0 Å². The van der Waals surface area contributed by atoms with Crippen molar-refractivity contribution in [3.63, 3.8) is 0 Å². The Bertz CT molecular complexity index is 307. The van der Waals surface area contributed by atoms with Gasteiger partial charge >= 0.3 is 0 Å². The number of hydrogen-bond donors (Lipinski definition) is 1. The normalized spacial score (nSPS) is 37.7. The zero-order chi connectivity index (χ0) is 12.0. The van der Waals surface area contributed by atoms with E-state index in [1.54, 1.807) is 0 Å². The Labute approximate surface area is 111 Å². The molecule has 0 amide bonds. The average Bonchev–Trinajstić information content (AvgIpc) is 2.96. The Morgan fingerprint density at radius 3 is 2.50 bits per heavy atom. The SMILES string of the molecule is C1CCC2(C1)CN(C1CCN(C3CC3)C1)CCN2. The molecule has 102 valence electrons. The maximum absolute atomic E-state index is 3.84. The number of nitrogens with zero attached hydrogens (tertiary/aromatic N) is 2. The van der Waals surface area contributed by atoms with Crippen LogP contribution in [0, 0.1) is 0 Å². The fourth-order valence-corrected chi connectivity index (χ4v) is 4.52. The van der Waals surface area contributed by atoms with Gasteiger partial charge in [0.1, 0.15) is 0 Å². The highest BCUT2D eigenvalue weighted by Crippen LogP contribution is 2.35. The molecule has 2 saturated carbocycles. The average molecular weight is 249 g/mol. The molecule has 18 heavy (non-hydrogen) atoms. The van der Waals surface area contributed by atoms with Gasteiger partial charge in [-0.3, -0.25) is 9.80 Å². The third kappa shape index (κ3) is 2.10. The zero-order valence-electron chi connectivity index (χ0n) is 11.5. The number of piperazine rings is 1. The molecule has 1 unspecified atom stereocenters. The standard InChI is InChI=1S/C15H27N3/c1-2-7-15(6-1)12-18(10-8-16-15)14-5-9-17(11-14)13-3-4-13/h13-14,16H,1-12H2. The molecular formula is C15H27N3. The largest absolute Gasteiger partial charge is 0.309 e. The first-order valence-electron chi connectivity index (χ1n) is 8.08. The first kappa shape index (κ1) is 11.7. The van der Waals surface area contributed by atoms with E-state index in [0.29, 0.717) is 5.54 Å².